The molecule has 0 aromatic rings. The van der Waals surface area contributed by atoms with Crippen molar-refractivity contribution in [3.05, 3.63) is 36.5 Å². The largest absolute Gasteiger partial charge is 0.347 e. The molecule has 1 aliphatic heterocycles. The average Bonchev–Trinajstić information content (AvgIpc) is 3.44. The number of halogens is 1. The first-order valence-electron chi connectivity index (χ1n) is 19.1. The molecule has 0 amide bonds. The van der Waals surface area contributed by atoms with E-state index in [1.54, 1.807) is 0 Å². The summed E-state index contributed by atoms with van der Waals surface area (Å²) < 4.78 is 12.6. The zero-order chi connectivity index (χ0) is 30.9. The Morgan fingerprint density at radius 1 is 0.512 bits per heavy atom. The molecule has 1 fully saturated rings. The van der Waals surface area contributed by atoms with Crippen molar-refractivity contribution in [1.29, 1.82) is 0 Å². The Morgan fingerprint density at radius 3 is 1.33 bits per heavy atom. The summed E-state index contributed by atoms with van der Waals surface area (Å²) in [5.41, 5.74) is 0. The van der Waals surface area contributed by atoms with Crippen LogP contribution in [0.1, 0.15) is 194 Å². The molecule has 3 heteroatoms. The molecule has 1 rings (SSSR count). The van der Waals surface area contributed by atoms with E-state index in [4.69, 9.17) is 21.1 Å². The van der Waals surface area contributed by atoms with Crippen molar-refractivity contribution in [1.82, 2.24) is 0 Å². The minimum atomic E-state index is -0.365. The second-order valence-corrected chi connectivity index (χ2v) is 13.4. The number of allylic oxidation sites excluding steroid dienone is 6. The van der Waals surface area contributed by atoms with Gasteiger partial charge in [0.1, 0.15) is 0 Å². The summed E-state index contributed by atoms with van der Waals surface area (Å²) in [5.74, 6) is 0.175. The van der Waals surface area contributed by atoms with Crippen molar-refractivity contribution >= 4 is 11.6 Å². The minimum Gasteiger partial charge on any atom is -0.347 e. The van der Waals surface area contributed by atoms with Crippen LogP contribution in [0.5, 0.6) is 0 Å². The predicted octanol–water partition coefficient (Wildman–Crippen LogP) is 14.0. The van der Waals surface area contributed by atoms with Crippen LogP contribution in [-0.2, 0) is 9.47 Å². The van der Waals surface area contributed by atoms with E-state index in [-0.39, 0.29) is 11.9 Å². The summed E-state index contributed by atoms with van der Waals surface area (Å²) in [5, 5.41) is 0. The fourth-order valence-electron chi connectivity index (χ4n) is 6.10. The standard InChI is InChI=1S/C40H73ClO2/c1-3-5-7-9-11-13-15-17-19-21-23-25-27-29-31-33-35-40(42-38-39(37-41)43-40)36-34-32-30-28-26-24-22-20-18-16-14-12-10-8-6-4-2/h11,13,17-20,39H,3-10,12,14-16,21-38H2,1-2H3/b13-11-,19-17-,20-18-/t39-,40?/m0/s1. The van der Waals surface area contributed by atoms with E-state index in [1.807, 2.05) is 0 Å². The Hall–Kier alpha value is -0.570. The molecular weight excluding hydrogens is 548 g/mol. The molecule has 252 valence electrons. The Kier molecular flexibility index (Phi) is 29.6. The number of rotatable bonds is 32. The van der Waals surface area contributed by atoms with E-state index in [9.17, 15) is 0 Å². The van der Waals surface area contributed by atoms with Crippen LogP contribution in [0.3, 0.4) is 0 Å². The third-order valence-electron chi connectivity index (χ3n) is 8.91. The normalized spacial score (nSPS) is 19.2. The minimum absolute atomic E-state index is 0.0698. The average molecular weight is 621 g/mol. The number of alkyl halides is 1. The summed E-state index contributed by atoms with van der Waals surface area (Å²) >= 11 is 6.12. The van der Waals surface area contributed by atoms with Gasteiger partial charge >= 0.3 is 0 Å². The Balaban J connectivity index is 2.02. The molecule has 1 heterocycles. The summed E-state index contributed by atoms with van der Waals surface area (Å²) in [4.78, 5) is 0. The smallest absolute Gasteiger partial charge is 0.168 e. The second kappa shape index (κ2) is 31.4. The van der Waals surface area contributed by atoms with Crippen LogP contribution in [0.2, 0.25) is 0 Å². The Morgan fingerprint density at radius 2 is 0.884 bits per heavy atom. The van der Waals surface area contributed by atoms with Crippen LogP contribution in [0, 0.1) is 0 Å². The van der Waals surface area contributed by atoms with Crippen molar-refractivity contribution < 1.29 is 9.47 Å². The maximum Gasteiger partial charge on any atom is 0.168 e. The van der Waals surface area contributed by atoms with Crippen molar-refractivity contribution in [3.63, 3.8) is 0 Å². The van der Waals surface area contributed by atoms with Gasteiger partial charge in [-0.05, 0) is 70.6 Å². The molecular formula is C40H73ClO2. The van der Waals surface area contributed by atoms with Gasteiger partial charge in [-0.1, -0.05) is 147 Å². The molecule has 0 N–H and O–H groups in total. The van der Waals surface area contributed by atoms with Crippen molar-refractivity contribution in [2.75, 3.05) is 12.5 Å². The molecule has 1 saturated heterocycles. The van der Waals surface area contributed by atoms with Gasteiger partial charge in [0.05, 0.1) is 18.6 Å². The molecule has 0 aliphatic carbocycles. The van der Waals surface area contributed by atoms with E-state index >= 15 is 0 Å². The van der Waals surface area contributed by atoms with Gasteiger partial charge in [-0.3, -0.25) is 0 Å². The fourth-order valence-corrected chi connectivity index (χ4v) is 6.26. The molecule has 0 aromatic carbocycles. The van der Waals surface area contributed by atoms with Crippen molar-refractivity contribution in [3.8, 4) is 0 Å². The lowest BCUT2D eigenvalue weighted by Crippen LogP contribution is -2.31. The number of ether oxygens (including phenoxy) is 2. The molecule has 0 bridgehead atoms. The van der Waals surface area contributed by atoms with Crippen molar-refractivity contribution in [2.45, 2.75) is 206 Å². The highest BCUT2D eigenvalue weighted by molar-refractivity contribution is 6.18. The number of hydrogen-bond acceptors (Lipinski definition) is 2. The van der Waals surface area contributed by atoms with Gasteiger partial charge in [0.2, 0.25) is 0 Å². The van der Waals surface area contributed by atoms with Gasteiger partial charge in [-0.25, -0.2) is 0 Å². The van der Waals surface area contributed by atoms with Crippen LogP contribution in [0.15, 0.2) is 36.5 Å². The molecule has 1 unspecified atom stereocenters. The molecule has 43 heavy (non-hydrogen) atoms. The molecule has 0 saturated carbocycles. The number of hydrogen-bond donors (Lipinski definition) is 0. The molecule has 0 radical (unpaired) electrons. The maximum absolute atomic E-state index is 6.37. The maximum atomic E-state index is 6.37. The van der Waals surface area contributed by atoms with Gasteiger partial charge in [0, 0.05) is 12.8 Å². The molecule has 2 nitrogen and oxygen atoms in total. The molecule has 1 aliphatic rings. The van der Waals surface area contributed by atoms with E-state index in [2.05, 4.69) is 50.3 Å². The van der Waals surface area contributed by atoms with Crippen LogP contribution >= 0.6 is 11.6 Å². The van der Waals surface area contributed by atoms with E-state index in [0.29, 0.717) is 12.5 Å². The SMILES string of the molecule is CCCCC/C=C\C/C=C\CCCCCCCCC1(CCCCCCCC/C=C\CCCCCCCC)OC[C@H](CCl)O1. The Bertz CT molecular complexity index is 657. The van der Waals surface area contributed by atoms with E-state index < -0.39 is 0 Å². The summed E-state index contributed by atoms with van der Waals surface area (Å²) in [6.45, 7) is 5.22. The third-order valence-corrected chi connectivity index (χ3v) is 9.26. The van der Waals surface area contributed by atoms with E-state index in [1.165, 1.54) is 161 Å². The lowest BCUT2D eigenvalue weighted by molar-refractivity contribution is -0.177. The molecule has 2 atom stereocenters. The van der Waals surface area contributed by atoms with Crippen LogP contribution < -0.4 is 0 Å². The first-order valence-corrected chi connectivity index (χ1v) is 19.6. The van der Waals surface area contributed by atoms with Gasteiger partial charge < -0.3 is 9.47 Å². The van der Waals surface area contributed by atoms with Gasteiger partial charge in [-0.15, -0.1) is 11.6 Å². The van der Waals surface area contributed by atoms with Crippen LogP contribution in [0.25, 0.3) is 0 Å². The highest BCUT2D eigenvalue weighted by atomic mass is 35.5. The zero-order valence-electron chi connectivity index (χ0n) is 28.9. The summed E-state index contributed by atoms with van der Waals surface area (Å²) in [6, 6.07) is 0. The van der Waals surface area contributed by atoms with Crippen LogP contribution in [0.4, 0.5) is 0 Å². The van der Waals surface area contributed by atoms with Gasteiger partial charge in [0.15, 0.2) is 5.79 Å². The summed E-state index contributed by atoms with van der Waals surface area (Å²) in [7, 11) is 0. The zero-order valence-corrected chi connectivity index (χ0v) is 29.7. The summed E-state index contributed by atoms with van der Waals surface area (Å²) in [6.07, 6.45) is 50.5. The van der Waals surface area contributed by atoms with Crippen LogP contribution in [-0.4, -0.2) is 24.4 Å². The van der Waals surface area contributed by atoms with E-state index in [0.717, 1.165) is 19.3 Å². The highest BCUT2D eigenvalue weighted by Crippen LogP contribution is 2.35. The fraction of sp³-hybridized carbons (Fsp3) is 0.850. The predicted molar refractivity (Wildman–Crippen MR) is 192 cm³/mol. The lowest BCUT2D eigenvalue weighted by Gasteiger charge is -2.28. The monoisotopic (exact) mass is 621 g/mol. The highest BCUT2D eigenvalue weighted by Gasteiger charge is 2.40. The first-order chi connectivity index (χ1) is 21.3. The van der Waals surface area contributed by atoms with Gasteiger partial charge in [-0.2, -0.15) is 0 Å². The first kappa shape index (κ1) is 40.5. The third kappa shape index (κ3) is 25.3. The topological polar surface area (TPSA) is 18.5 Å². The quantitative estimate of drug-likeness (QED) is 0.0423. The van der Waals surface area contributed by atoms with Crippen molar-refractivity contribution in [2.24, 2.45) is 0 Å². The molecule has 0 aromatic heterocycles. The lowest BCUT2D eigenvalue weighted by atomic mass is 9.98. The second-order valence-electron chi connectivity index (χ2n) is 13.1. The van der Waals surface area contributed by atoms with Gasteiger partial charge in [0.25, 0.3) is 0 Å². The number of unbranched alkanes of at least 4 members (excludes halogenated alkanes) is 21. The molecule has 0 spiro atoms. The Labute approximate surface area is 274 Å².